The van der Waals surface area contributed by atoms with Gasteiger partial charge in [0, 0.05) is 7.11 Å². The number of nitrogens with zero attached hydrogens (tertiary/aromatic N) is 1. The Bertz CT molecular complexity index is 215. The molecule has 0 bridgehead atoms. The molecule has 0 aliphatic heterocycles. The van der Waals surface area contributed by atoms with E-state index in [1.54, 1.807) is 0 Å². The number of methoxy groups -OCH3 is 1. The lowest BCUT2D eigenvalue weighted by Crippen LogP contribution is -2.51. The number of primary amides is 1. The molecule has 0 aromatic heterocycles. The van der Waals surface area contributed by atoms with Crippen LogP contribution in [0.1, 0.15) is 45.4 Å². The third-order valence-corrected chi connectivity index (χ3v) is 2.69. The number of carbonyl (C=O) groups excluding carboxylic acids is 1. The average Bonchev–Trinajstić information content (AvgIpc) is 2.33. The van der Waals surface area contributed by atoms with Crippen LogP contribution >= 0.6 is 0 Å². The highest BCUT2D eigenvalue weighted by Crippen LogP contribution is 2.05. The predicted octanol–water partition coefficient (Wildman–Crippen LogP) is 1.15. The first-order chi connectivity index (χ1) is 8.61. The molecular formula is C12H26N3O3-. The lowest BCUT2D eigenvalue weighted by atomic mass is 10.1. The van der Waals surface area contributed by atoms with Gasteiger partial charge in [-0.25, -0.2) is 0 Å². The molecule has 0 aliphatic rings. The number of hydrogen-bond donors (Lipinski definition) is 2. The molecule has 0 heterocycles. The van der Waals surface area contributed by atoms with E-state index in [9.17, 15) is 10.0 Å². The van der Waals surface area contributed by atoms with Crippen molar-refractivity contribution in [3.63, 3.8) is 0 Å². The van der Waals surface area contributed by atoms with Gasteiger partial charge in [-0.05, 0) is 13.0 Å². The van der Waals surface area contributed by atoms with Crippen LogP contribution in [-0.4, -0.2) is 37.4 Å². The van der Waals surface area contributed by atoms with Crippen LogP contribution in [0, 0.1) is 5.21 Å². The molecule has 1 atom stereocenters. The first-order valence-corrected chi connectivity index (χ1v) is 6.60. The number of amides is 1. The third kappa shape index (κ3) is 9.35. The van der Waals surface area contributed by atoms with Gasteiger partial charge in [0.25, 0.3) is 0 Å². The van der Waals surface area contributed by atoms with Gasteiger partial charge < -0.3 is 20.9 Å². The fourth-order valence-corrected chi connectivity index (χ4v) is 1.62. The molecule has 0 aromatic rings. The van der Waals surface area contributed by atoms with Gasteiger partial charge in [-0.1, -0.05) is 39.0 Å². The predicted molar refractivity (Wildman–Crippen MR) is 71.4 cm³/mol. The van der Waals surface area contributed by atoms with E-state index in [-0.39, 0.29) is 6.61 Å². The molecule has 0 saturated heterocycles. The zero-order valence-electron chi connectivity index (χ0n) is 11.5. The number of hydrogen-bond acceptors (Lipinski definition) is 5. The van der Waals surface area contributed by atoms with E-state index in [0.29, 0.717) is 11.7 Å². The number of nitrogens with two attached hydrogens (primary N) is 1. The zero-order valence-corrected chi connectivity index (χ0v) is 11.5. The number of nitrogens with one attached hydrogen (secondary N) is 1. The quantitative estimate of drug-likeness (QED) is 0.406. The van der Waals surface area contributed by atoms with Crippen molar-refractivity contribution >= 4 is 5.91 Å². The number of unbranched alkanes of at least 4 members (excludes halogenated alkanes) is 5. The molecule has 6 nitrogen and oxygen atoms in total. The fourth-order valence-electron chi connectivity index (χ4n) is 1.62. The molecule has 0 radical (unpaired) electrons. The highest BCUT2D eigenvalue weighted by atomic mass is 16.5. The van der Waals surface area contributed by atoms with Crippen molar-refractivity contribution in [3.05, 3.63) is 5.21 Å². The smallest absolute Gasteiger partial charge is 0.238 e. The SMILES string of the molecule is CCCCCCCCN([O-])NC(COC)C(N)=O. The van der Waals surface area contributed by atoms with Gasteiger partial charge in [0.2, 0.25) is 5.91 Å². The van der Waals surface area contributed by atoms with Gasteiger partial charge in [-0.2, -0.15) is 0 Å². The molecule has 0 fully saturated rings. The molecule has 0 aliphatic carbocycles. The lowest BCUT2D eigenvalue weighted by Gasteiger charge is -2.32. The minimum absolute atomic E-state index is 0.102. The van der Waals surface area contributed by atoms with Crippen molar-refractivity contribution in [2.45, 2.75) is 51.5 Å². The van der Waals surface area contributed by atoms with Crippen LogP contribution in [-0.2, 0) is 9.53 Å². The third-order valence-electron chi connectivity index (χ3n) is 2.69. The van der Waals surface area contributed by atoms with E-state index in [1.807, 2.05) is 0 Å². The average molecular weight is 260 g/mol. The number of hydrazine groups is 1. The van der Waals surface area contributed by atoms with E-state index in [1.165, 1.54) is 26.4 Å². The summed E-state index contributed by atoms with van der Waals surface area (Å²) in [6.07, 6.45) is 6.68. The summed E-state index contributed by atoms with van der Waals surface area (Å²) in [6.45, 7) is 2.63. The lowest BCUT2D eigenvalue weighted by molar-refractivity contribution is -0.122. The Hall–Kier alpha value is -0.690. The summed E-state index contributed by atoms with van der Waals surface area (Å²) < 4.78 is 4.81. The number of ether oxygens (including phenoxy) is 1. The van der Waals surface area contributed by atoms with Crippen molar-refractivity contribution < 1.29 is 9.53 Å². The van der Waals surface area contributed by atoms with Crippen LogP contribution in [0.25, 0.3) is 0 Å². The summed E-state index contributed by atoms with van der Waals surface area (Å²) in [6, 6.07) is -0.757. The first-order valence-electron chi connectivity index (χ1n) is 6.60. The summed E-state index contributed by atoms with van der Waals surface area (Å²) in [5.41, 5.74) is 7.63. The molecule has 1 amide bonds. The summed E-state index contributed by atoms with van der Waals surface area (Å²) in [7, 11) is 1.46. The second-order valence-corrected chi connectivity index (χ2v) is 4.41. The van der Waals surface area contributed by atoms with Crippen LogP contribution in [0.15, 0.2) is 0 Å². The highest BCUT2D eigenvalue weighted by molar-refractivity contribution is 5.79. The topological polar surface area (TPSA) is 90.7 Å². The Kier molecular flexibility index (Phi) is 11.0. The monoisotopic (exact) mass is 260 g/mol. The Morgan fingerprint density at radius 1 is 1.33 bits per heavy atom. The minimum Gasteiger partial charge on any atom is -0.772 e. The molecule has 108 valence electrons. The molecule has 0 saturated carbocycles. The minimum atomic E-state index is -0.757. The number of carbonyl (C=O) groups is 1. The van der Waals surface area contributed by atoms with Gasteiger partial charge in [0.05, 0.1) is 6.61 Å². The van der Waals surface area contributed by atoms with Crippen LogP contribution in [0.4, 0.5) is 0 Å². The van der Waals surface area contributed by atoms with Crippen LogP contribution < -0.4 is 11.2 Å². The molecule has 1 unspecified atom stereocenters. The van der Waals surface area contributed by atoms with Crippen molar-refractivity contribution in [1.29, 1.82) is 0 Å². The normalized spacial score (nSPS) is 12.9. The molecule has 0 aromatic carbocycles. The Morgan fingerprint density at radius 2 is 1.94 bits per heavy atom. The summed E-state index contributed by atoms with van der Waals surface area (Å²) >= 11 is 0. The van der Waals surface area contributed by atoms with Crippen LogP contribution in [0.3, 0.4) is 0 Å². The van der Waals surface area contributed by atoms with Crippen LogP contribution in [0.5, 0.6) is 0 Å². The van der Waals surface area contributed by atoms with Gasteiger partial charge in [0.15, 0.2) is 0 Å². The van der Waals surface area contributed by atoms with Crippen molar-refractivity contribution in [2.24, 2.45) is 5.73 Å². The molecule has 0 rings (SSSR count). The second kappa shape index (κ2) is 11.4. The van der Waals surface area contributed by atoms with E-state index in [2.05, 4.69) is 12.3 Å². The Morgan fingerprint density at radius 3 is 2.50 bits per heavy atom. The maximum Gasteiger partial charge on any atom is 0.238 e. The summed E-state index contributed by atoms with van der Waals surface area (Å²) in [5.74, 6) is -0.583. The number of rotatable bonds is 12. The van der Waals surface area contributed by atoms with Crippen molar-refractivity contribution in [2.75, 3.05) is 20.3 Å². The molecule has 6 heteroatoms. The van der Waals surface area contributed by atoms with Crippen molar-refractivity contribution in [3.8, 4) is 0 Å². The Balaban J connectivity index is 3.61. The first kappa shape index (κ1) is 17.3. The van der Waals surface area contributed by atoms with Gasteiger partial charge >= 0.3 is 0 Å². The highest BCUT2D eigenvalue weighted by Gasteiger charge is 2.14. The molecule has 18 heavy (non-hydrogen) atoms. The maximum absolute atomic E-state index is 11.5. The summed E-state index contributed by atoms with van der Waals surface area (Å²) in [5, 5.41) is 12.1. The van der Waals surface area contributed by atoms with E-state index in [4.69, 9.17) is 10.5 Å². The largest absolute Gasteiger partial charge is 0.772 e. The molecule has 0 spiro atoms. The zero-order chi connectivity index (χ0) is 13.8. The van der Waals surface area contributed by atoms with Crippen molar-refractivity contribution in [1.82, 2.24) is 10.6 Å². The Labute approximate surface area is 109 Å². The van der Waals surface area contributed by atoms with Gasteiger partial charge in [-0.3, -0.25) is 10.2 Å². The van der Waals surface area contributed by atoms with Gasteiger partial charge in [0.1, 0.15) is 6.04 Å². The van der Waals surface area contributed by atoms with E-state index >= 15 is 0 Å². The second-order valence-electron chi connectivity index (χ2n) is 4.41. The van der Waals surface area contributed by atoms with Crippen LogP contribution in [0.2, 0.25) is 0 Å². The van der Waals surface area contributed by atoms with E-state index in [0.717, 1.165) is 19.3 Å². The number of hydroxylamine groups is 1. The standard InChI is InChI=1S/C12H26N3O3/c1-3-4-5-6-7-8-9-15(17)14-11(10-18-2)12(13)16/h11,14H,3-10H2,1-2H3,(H2,13,16)/q-1. The molecular weight excluding hydrogens is 234 g/mol. The fraction of sp³-hybridized carbons (Fsp3) is 0.917. The van der Waals surface area contributed by atoms with Gasteiger partial charge in [-0.15, -0.1) is 0 Å². The molecule has 3 N–H and O–H groups in total. The summed E-state index contributed by atoms with van der Waals surface area (Å²) in [4.78, 5) is 11.0. The maximum atomic E-state index is 11.5. The van der Waals surface area contributed by atoms with E-state index < -0.39 is 11.9 Å².